The number of urea groups is 1. The van der Waals surface area contributed by atoms with E-state index in [0.717, 1.165) is 10.5 Å². The maximum Gasteiger partial charge on any atom is 0.325 e. The highest BCUT2D eigenvalue weighted by molar-refractivity contribution is 7.08. The minimum absolute atomic E-state index is 0.0343. The summed E-state index contributed by atoms with van der Waals surface area (Å²) in [6.07, 6.45) is 0. The van der Waals surface area contributed by atoms with Crippen molar-refractivity contribution in [1.82, 2.24) is 20.4 Å². The average molecular weight is 334 g/mol. The van der Waals surface area contributed by atoms with Crippen LogP contribution in [0.3, 0.4) is 0 Å². The van der Waals surface area contributed by atoms with Gasteiger partial charge in [0.15, 0.2) is 0 Å². The standard InChI is InChI=1S/C15H18N4O3S/c1-14(2,3)11-18-17-10(22-11)7-19-12(20)15(4,16-13(19)21)9-5-6-23-8-9/h5-6,8H,7H2,1-4H3,(H,16,21)/t15-/m1/s1. The van der Waals surface area contributed by atoms with Crippen molar-refractivity contribution >= 4 is 23.3 Å². The number of nitrogens with zero attached hydrogens (tertiary/aromatic N) is 3. The molecule has 8 heteroatoms. The number of nitrogens with one attached hydrogen (secondary N) is 1. The third-order valence-electron chi connectivity index (χ3n) is 3.78. The van der Waals surface area contributed by atoms with Gasteiger partial charge in [-0.05, 0) is 29.3 Å². The van der Waals surface area contributed by atoms with Gasteiger partial charge in [-0.15, -0.1) is 10.2 Å². The first-order chi connectivity index (χ1) is 10.7. The molecule has 3 heterocycles. The Balaban J connectivity index is 1.83. The molecule has 0 aromatic carbocycles. The third kappa shape index (κ3) is 2.63. The van der Waals surface area contributed by atoms with Crippen LogP contribution in [0.2, 0.25) is 0 Å². The van der Waals surface area contributed by atoms with E-state index in [2.05, 4.69) is 15.5 Å². The number of thiophene rings is 1. The Morgan fingerprint density at radius 1 is 1.35 bits per heavy atom. The molecule has 2 aromatic heterocycles. The maximum absolute atomic E-state index is 12.7. The van der Waals surface area contributed by atoms with Gasteiger partial charge >= 0.3 is 6.03 Å². The van der Waals surface area contributed by atoms with Crippen molar-refractivity contribution in [1.29, 1.82) is 0 Å². The predicted molar refractivity (Wildman–Crippen MR) is 83.8 cm³/mol. The molecule has 3 amide bonds. The van der Waals surface area contributed by atoms with Gasteiger partial charge in [0.2, 0.25) is 11.8 Å². The molecule has 0 aliphatic carbocycles. The lowest BCUT2D eigenvalue weighted by Crippen LogP contribution is -2.40. The highest BCUT2D eigenvalue weighted by Gasteiger charge is 2.49. The molecule has 1 aliphatic rings. The number of aromatic nitrogens is 2. The molecular weight excluding hydrogens is 316 g/mol. The lowest BCUT2D eigenvalue weighted by atomic mass is 9.95. The molecule has 1 fully saturated rings. The lowest BCUT2D eigenvalue weighted by Gasteiger charge is -2.20. The maximum atomic E-state index is 12.7. The van der Waals surface area contributed by atoms with Gasteiger partial charge in [-0.2, -0.15) is 11.3 Å². The molecule has 1 N–H and O–H groups in total. The SMILES string of the molecule is CC(C)(C)c1nnc(CN2C(=O)N[C@](C)(c3ccsc3)C2=O)o1. The first kappa shape index (κ1) is 15.7. The molecule has 0 bridgehead atoms. The van der Waals surface area contributed by atoms with Gasteiger partial charge in [0.25, 0.3) is 5.91 Å². The van der Waals surface area contributed by atoms with Crippen molar-refractivity contribution in [3.05, 3.63) is 34.2 Å². The van der Waals surface area contributed by atoms with E-state index in [1.807, 2.05) is 37.6 Å². The van der Waals surface area contributed by atoms with Crippen molar-refractivity contribution in [2.75, 3.05) is 0 Å². The number of hydrogen-bond donors (Lipinski definition) is 1. The Morgan fingerprint density at radius 3 is 2.65 bits per heavy atom. The van der Waals surface area contributed by atoms with Crippen molar-refractivity contribution in [3.8, 4) is 0 Å². The highest BCUT2D eigenvalue weighted by atomic mass is 32.1. The van der Waals surface area contributed by atoms with E-state index in [1.165, 1.54) is 11.3 Å². The second kappa shape index (κ2) is 5.16. The minimum Gasteiger partial charge on any atom is -0.423 e. The lowest BCUT2D eigenvalue weighted by molar-refractivity contribution is -0.131. The van der Waals surface area contributed by atoms with Crippen LogP contribution in [0.15, 0.2) is 21.2 Å². The number of hydrogen-bond acceptors (Lipinski definition) is 6. The van der Waals surface area contributed by atoms with Crippen LogP contribution in [-0.2, 0) is 22.3 Å². The molecule has 0 radical (unpaired) electrons. The van der Waals surface area contributed by atoms with Crippen LogP contribution in [0.5, 0.6) is 0 Å². The smallest absolute Gasteiger partial charge is 0.325 e. The number of imide groups is 1. The molecule has 122 valence electrons. The zero-order valence-electron chi connectivity index (χ0n) is 13.4. The van der Waals surface area contributed by atoms with Crippen LogP contribution in [0.25, 0.3) is 0 Å². The van der Waals surface area contributed by atoms with Crippen LogP contribution in [-0.4, -0.2) is 27.0 Å². The monoisotopic (exact) mass is 334 g/mol. The normalized spacial score (nSPS) is 21.8. The molecule has 1 saturated heterocycles. The van der Waals surface area contributed by atoms with Crippen LogP contribution >= 0.6 is 11.3 Å². The third-order valence-corrected chi connectivity index (χ3v) is 4.46. The molecule has 3 rings (SSSR count). The fraction of sp³-hybridized carbons (Fsp3) is 0.467. The zero-order valence-corrected chi connectivity index (χ0v) is 14.2. The summed E-state index contributed by atoms with van der Waals surface area (Å²) in [5.41, 5.74) is -0.568. The van der Waals surface area contributed by atoms with Gasteiger partial charge in [0, 0.05) is 5.41 Å². The summed E-state index contributed by atoms with van der Waals surface area (Å²) in [6, 6.07) is 1.37. The van der Waals surface area contributed by atoms with Gasteiger partial charge in [-0.1, -0.05) is 20.8 Å². The predicted octanol–water partition coefficient (Wildman–Crippen LogP) is 2.40. The molecule has 0 saturated carbocycles. The van der Waals surface area contributed by atoms with E-state index in [0.29, 0.717) is 5.89 Å². The number of carbonyl (C=O) groups is 2. The summed E-state index contributed by atoms with van der Waals surface area (Å²) < 4.78 is 5.57. The van der Waals surface area contributed by atoms with Gasteiger partial charge in [0.05, 0.1) is 0 Å². The fourth-order valence-electron chi connectivity index (χ4n) is 2.34. The van der Waals surface area contributed by atoms with E-state index in [9.17, 15) is 9.59 Å². The Bertz CT molecular complexity index is 747. The second-order valence-corrected chi connectivity index (χ2v) is 7.49. The Morgan fingerprint density at radius 2 is 2.09 bits per heavy atom. The summed E-state index contributed by atoms with van der Waals surface area (Å²) in [4.78, 5) is 26.0. The van der Waals surface area contributed by atoms with Gasteiger partial charge in [-0.25, -0.2) is 4.79 Å². The number of rotatable bonds is 3. The average Bonchev–Trinajstić information content (AvgIpc) is 3.16. The van der Waals surface area contributed by atoms with Crippen molar-refractivity contribution in [2.45, 2.75) is 45.2 Å². The Labute approximate surface area is 137 Å². The van der Waals surface area contributed by atoms with Crippen LogP contribution in [0.1, 0.15) is 45.0 Å². The van der Waals surface area contributed by atoms with Crippen LogP contribution < -0.4 is 5.32 Å². The first-order valence-corrected chi connectivity index (χ1v) is 8.16. The van der Waals surface area contributed by atoms with Gasteiger partial charge < -0.3 is 9.73 Å². The van der Waals surface area contributed by atoms with Crippen molar-refractivity contribution < 1.29 is 14.0 Å². The van der Waals surface area contributed by atoms with Gasteiger partial charge in [-0.3, -0.25) is 9.69 Å². The zero-order chi connectivity index (χ0) is 16.8. The molecule has 7 nitrogen and oxygen atoms in total. The summed E-state index contributed by atoms with van der Waals surface area (Å²) in [6.45, 7) is 7.51. The van der Waals surface area contributed by atoms with Crippen LogP contribution in [0, 0.1) is 0 Å². The number of amides is 3. The van der Waals surface area contributed by atoms with E-state index in [-0.39, 0.29) is 23.8 Å². The van der Waals surface area contributed by atoms with E-state index < -0.39 is 11.6 Å². The topological polar surface area (TPSA) is 88.3 Å². The largest absolute Gasteiger partial charge is 0.423 e. The summed E-state index contributed by atoms with van der Waals surface area (Å²) in [7, 11) is 0. The van der Waals surface area contributed by atoms with E-state index in [1.54, 1.807) is 6.92 Å². The fourth-order valence-corrected chi connectivity index (χ4v) is 3.11. The van der Waals surface area contributed by atoms with Gasteiger partial charge in [0.1, 0.15) is 12.1 Å². The molecule has 1 atom stereocenters. The summed E-state index contributed by atoms with van der Waals surface area (Å²) in [5, 5.41) is 14.4. The first-order valence-electron chi connectivity index (χ1n) is 7.21. The quantitative estimate of drug-likeness (QED) is 0.871. The van der Waals surface area contributed by atoms with Crippen molar-refractivity contribution in [3.63, 3.8) is 0 Å². The second-order valence-electron chi connectivity index (χ2n) is 6.71. The van der Waals surface area contributed by atoms with Crippen LogP contribution in [0.4, 0.5) is 4.79 Å². The highest BCUT2D eigenvalue weighted by Crippen LogP contribution is 2.31. The summed E-state index contributed by atoms with van der Waals surface area (Å²) >= 11 is 1.48. The Kier molecular flexibility index (Phi) is 3.51. The molecule has 0 spiro atoms. The minimum atomic E-state index is -1.05. The molecule has 1 aliphatic heterocycles. The molecular formula is C15H18N4O3S. The molecule has 0 unspecified atom stereocenters. The molecule has 2 aromatic rings. The number of carbonyl (C=O) groups excluding carboxylic acids is 2. The van der Waals surface area contributed by atoms with E-state index in [4.69, 9.17) is 4.42 Å². The summed E-state index contributed by atoms with van der Waals surface area (Å²) in [5.74, 6) is 0.393. The molecule has 23 heavy (non-hydrogen) atoms. The Hall–Kier alpha value is -2.22. The van der Waals surface area contributed by atoms with Crippen molar-refractivity contribution in [2.24, 2.45) is 0 Å². The van der Waals surface area contributed by atoms with E-state index >= 15 is 0 Å².